The first-order valence-electron chi connectivity index (χ1n) is 4.87. The van der Waals surface area contributed by atoms with E-state index in [2.05, 4.69) is 12.1 Å². The van der Waals surface area contributed by atoms with Crippen molar-refractivity contribution in [1.29, 1.82) is 0 Å². The van der Waals surface area contributed by atoms with Crippen molar-refractivity contribution < 1.29 is 0 Å². The van der Waals surface area contributed by atoms with Gasteiger partial charge in [-0.2, -0.15) is 0 Å². The lowest BCUT2D eigenvalue weighted by Crippen LogP contribution is -1.83. The van der Waals surface area contributed by atoms with Crippen LogP contribution in [-0.2, 0) is 5.88 Å². The minimum Gasteiger partial charge on any atom is -0.122 e. The molecule has 2 aromatic rings. The quantitative estimate of drug-likeness (QED) is 0.687. The average molecular weight is 269 g/mol. The van der Waals surface area contributed by atoms with Crippen LogP contribution in [0, 0.1) is 0 Å². The summed E-state index contributed by atoms with van der Waals surface area (Å²) >= 11 is 13.5. The van der Waals surface area contributed by atoms with Gasteiger partial charge in [0.05, 0.1) is 0 Å². The molecule has 0 spiro atoms. The second-order valence-corrected chi connectivity index (χ2v) is 5.12. The summed E-state index contributed by atoms with van der Waals surface area (Å²) in [5, 5.41) is 0.730. The Morgan fingerprint density at radius 1 is 1.00 bits per heavy atom. The first-order valence-corrected chi connectivity index (χ1v) is 6.60. The highest BCUT2D eigenvalue weighted by Gasteiger charge is 2.04. The summed E-state index contributed by atoms with van der Waals surface area (Å²) in [6.45, 7) is 0. The first-order chi connectivity index (χ1) is 7.79. The Morgan fingerprint density at radius 3 is 2.44 bits per heavy atom. The van der Waals surface area contributed by atoms with Gasteiger partial charge in [0.15, 0.2) is 0 Å². The molecule has 0 fully saturated rings. The van der Waals surface area contributed by atoms with Crippen LogP contribution in [0.25, 0.3) is 0 Å². The Hall–Kier alpha value is -0.630. The Balaban J connectivity index is 2.28. The molecule has 0 unspecified atom stereocenters. The van der Waals surface area contributed by atoms with Crippen LogP contribution in [0.15, 0.2) is 58.3 Å². The first kappa shape index (κ1) is 11.8. The van der Waals surface area contributed by atoms with Crippen molar-refractivity contribution in [3.63, 3.8) is 0 Å². The van der Waals surface area contributed by atoms with E-state index in [1.54, 1.807) is 11.8 Å². The van der Waals surface area contributed by atoms with Gasteiger partial charge in [-0.3, -0.25) is 0 Å². The maximum Gasteiger partial charge on any atom is 0.0485 e. The molecule has 16 heavy (non-hydrogen) atoms. The van der Waals surface area contributed by atoms with Gasteiger partial charge in [0.1, 0.15) is 0 Å². The molecular weight excluding hydrogens is 259 g/mol. The monoisotopic (exact) mass is 268 g/mol. The predicted octanol–water partition coefficient (Wildman–Crippen LogP) is 5.23. The van der Waals surface area contributed by atoms with Crippen LogP contribution in [0.5, 0.6) is 0 Å². The standard InChI is InChI=1S/C13H10Cl2S/c14-9-10-8-11(15)6-7-13(10)16-12-4-2-1-3-5-12/h1-8H,9H2. The third-order valence-corrected chi connectivity index (χ3v) is 3.79. The molecule has 0 saturated carbocycles. The molecule has 82 valence electrons. The van der Waals surface area contributed by atoms with Crippen LogP contribution in [0.1, 0.15) is 5.56 Å². The smallest absolute Gasteiger partial charge is 0.0485 e. The number of rotatable bonds is 3. The van der Waals surface area contributed by atoms with Crippen molar-refractivity contribution in [3.8, 4) is 0 Å². The maximum absolute atomic E-state index is 5.93. The van der Waals surface area contributed by atoms with E-state index in [1.165, 1.54) is 4.90 Å². The number of hydrogen-bond acceptors (Lipinski definition) is 1. The summed E-state index contributed by atoms with van der Waals surface area (Å²) in [5.74, 6) is 0.482. The molecule has 0 bridgehead atoms. The molecule has 0 N–H and O–H groups in total. The highest BCUT2D eigenvalue weighted by molar-refractivity contribution is 7.99. The lowest BCUT2D eigenvalue weighted by Gasteiger charge is -2.07. The van der Waals surface area contributed by atoms with E-state index < -0.39 is 0 Å². The molecule has 2 aromatic carbocycles. The minimum atomic E-state index is 0.482. The molecule has 3 heteroatoms. The summed E-state index contributed by atoms with van der Waals surface area (Å²) < 4.78 is 0. The van der Waals surface area contributed by atoms with Gasteiger partial charge in [-0.1, -0.05) is 41.6 Å². The second-order valence-electron chi connectivity index (χ2n) is 3.30. The summed E-state index contributed by atoms with van der Waals surface area (Å²) in [7, 11) is 0. The number of alkyl halides is 1. The number of hydrogen-bond donors (Lipinski definition) is 0. The molecule has 0 saturated heterocycles. The zero-order valence-corrected chi connectivity index (χ0v) is 10.8. The molecule has 0 amide bonds. The zero-order chi connectivity index (χ0) is 11.4. The zero-order valence-electron chi connectivity index (χ0n) is 8.49. The van der Waals surface area contributed by atoms with Gasteiger partial charge in [0.25, 0.3) is 0 Å². The Kier molecular flexibility index (Phi) is 4.16. The third kappa shape index (κ3) is 2.94. The Bertz CT molecular complexity index is 469. The third-order valence-electron chi connectivity index (χ3n) is 2.14. The van der Waals surface area contributed by atoms with E-state index in [0.29, 0.717) is 5.88 Å². The lowest BCUT2D eigenvalue weighted by atomic mass is 10.2. The van der Waals surface area contributed by atoms with Crippen LogP contribution in [0.3, 0.4) is 0 Å². The fraction of sp³-hybridized carbons (Fsp3) is 0.0769. The van der Waals surface area contributed by atoms with E-state index in [1.807, 2.05) is 36.4 Å². The molecule has 0 radical (unpaired) electrons. The molecule has 0 nitrogen and oxygen atoms in total. The van der Waals surface area contributed by atoms with Crippen LogP contribution in [-0.4, -0.2) is 0 Å². The van der Waals surface area contributed by atoms with Crippen LogP contribution in [0.2, 0.25) is 5.02 Å². The molecular formula is C13H10Cl2S. The van der Waals surface area contributed by atoms with Crippen molar-refractivity contribution in [2.75, 3.05) is 0 Å². The lowest BCUT2D eigenvalue weighted by molar-refractivity contribution is 1.25. The van der Waals surface area contributed by atoms with Crippen molar-refractivity contribution in [3.05, 3.63) is 59.1 Å². The highest BCUT2D eigenvalue weighted by atomic mass is 35.5. The number of halogens is 2. The van der Waals surface area contributed by atoms with E-state index in [4.69, 9.17) is 23.2 Å². The van der Waals surface area contributed by atoms with Gasteiger partial charge < -0.3 is 0 Å². The topological polar surface area (TPSA) is 0 Å². The highest BCUT2D eigenvalue weighted by Crippen LogP contribution is 2.32. The Morgan fingerprint density at radius 2 is 1.75 bits per heavy atom. The van der Waals surface area contributed by atoms with Crippen molar-refractivity contribution in [2.45, 2.75) is 15.7 Å². The second kappa shape index (κ2) is 5.62. The van der Waals surface area contributed by atoms with Crippen molar-refractivity contribution in [1.82, 2.24) is 0 Å². The number of benzene rings is 2. The van der Waals surface area contributed by atoms with Crippen molar-refractivity contribution in [2.24, 2.45) is 0 Å². The van der Waals surface area contributed by atoms with E-state index in [9.17, 15) is 0 Å². The van der Waals surface area contributed by atoms with E-state index in [-0.39, 0.29) is 0 Å². The van der Waals surface area contributed by atoms with Crippen LogP contribution >= 0.6 is 35.0 Å². The predicted molar refractivity (Wildman–Crippen MR) is 71.6 cm³/mol. The van der Waals surface area contributed by atoms with E-state index in [0.717, 1.165) is 15.5 Å². The molecule has 0 atom stereocenters. The summed E-state index contributed by atoms with van der Waals surface area (Å²) in [6, 6.07) is 16.0. The fourth-order valence-corrected chi connectivity index (χ4v) is 2.81. The average Bonchev–Trinajstić information content (AvgIpc) is 2.33. The molecule has 0 aliphatic heterocycles. The van der Waals surface area contributed by atoms with Crippen molar-refractivity contribution >= 4 is 35.0 Å². The molecule has 2 rings (SSSR count). The van der Waals surface area contributed by atoms with Crippen LogP contribution in [0.4, 0.5) is 0 Å². The molecule has 0 heterocycles. The van der Waals surface area contributed by atoms with Gasteiger partial charge in [0.2, 0.25) is 0 Å². The summed E-state index contributed by atoms with van der Waals surface area (Å²) in [5.41, 5.74) is 1.07. The normalized spacial score (nSPS) is 10.4. The minimum absolute atomic E-state index is 0.482. The maximum atomic E-state index is 5.93. The van der Waals surface area contributed by atoms with Gasteiger partial charge in [-0.05, 0) is 35.9 Å². The van der Waals surface area contributed by atoms with E-state index >= 15 is 0 Å². The summed E-state index contributed by atoms with van der Waals surface area (Å²) in [6.07, 6.45) is 0. The molecule has 0 aromatic heterocycles. The van der Waals surface area contributed by atoms with Crippen LogP contribution < -0.4 is 0 Å². The summed E-state index contributed by atoms with van der Waals surface area (Å²) in [4.78, 5) is 2.36. The Labute approximate surface area is 110 Å². The molecule has 0 aliphatic carbocycles. The van der Waals surface area contributed by atoms with Gasteiger partial charge in [0, 0.05) is 20.7 Å². The fourth-order valence-electron chi connectivity index (χ4n) is 1.37. The molecule has 0 aliphatic rings. The largest absolute Gasteiger partial charge is 0.122 e. The van der Waals surface area contributed by atoms with Gasteiger partial charge >= 0.3 is 0 Å². The van der Waals surface area contributed by atoms with Gasteiger partial charge in [-0.15, -0.1) is 11.6 Å². The van der Waals surface area contributed by atoms with Gasteiger partial charge in [-0.25, -0.2) is 0 Å². The SMILES string of the molecule is ClCc1cc(Cl)ccc1Sc1ccccc1.